The molecule has 2 aromatic carbocycles. The van der Waals surface area contributed by atoms with Crippen molar-refractivity contribution in [2.75, 3.05) is 24.6 Å². The van der Waals surface area contributed by atoms with Crippen molar-refractivity contribution in [3.8, 4) is 5.75 Å². The van der Waals surface area contributed by atoms with E-state index in [-0.39, 0.29) is 32.7 Å². The third kappa shape index (κ3) is 5.30. The van der Waals surface area contributed by atoms with Crippen LogP contribution in [0.4, 0.5) is 11.4 Å². The minimum Gasteiger partial charge on any atom is -0.493 e. The number of hydrogen-bond acceptors (Lipinski definition) is 3. The molecule has 1 aliphatic heterocycles. The molecule has 0 aliphatic carbocycles. The number of nitrogens with zero attached hydrogens (tertiary/aromatic N) is 2. The molecule has 1 fully saturated rings. The van der Waals surface area contributed by atoms with Gasteiger partial charge in [-0.3, -0.25) is 0 Å². The van der Waals surface area contributed by atoms with Crippen molar-refractivity contribution in [3.63, 3.8) is 0 Å². The molecule has 0 aromatic heterocycles. The van der Waals surface area contributed by atoms with Gasteiger partial charge in [0, 0.05) is 52.2 Å². The maximum atomic E-state index is 10.8. The summed E-state index contributed by atoms with van der Waals surface area (Å²) in [4.78, 5) is 5.71. The van der Waals surface area contributed by atoms with Crippen LogP contribution in [0.1, 0.15) is 24.8 Å². The van der Waals surface area contributed by atoms with Gasteiger partial charge in [0.2, 0.25) is 5.69 Å². The fourth-order valence-electron chi connectivity index (χ4n) is 3.18. The normalized spacial score (nSPS) is 15.7. The zero-order valence-corrected chi connectivity index (χ0v) is 17.9. The molecule has 1 aliphatic rings. The second kappa shape index (κ2) is 9.51. The Morgan fingerprint density at radius 3 is 2.50 bits per heavy atom. The molecule has 3 rings (SSSR count). The fraction of sp³-hybridized carbons (Fsp3) is 0.381. The van der Waals surface area contributed by atoms with Crippen molar-refractivity contribution < 1.29 is 42.6 Å². The average molecular weight is 424 g/mol. The first-order valence-corrected chi connectivity index (χ1v) is 8.65. The molecule has 1 heterocycles. The number of aryl methyl sites for hydroxylation is 1. The van der Waals surface area contributed by atoms with E-state index in [1.165, 1.54) is 0 Å². The van der Waals surface area contributed by atoms with Gasteiger partial charge >= 0.3 is 0 Å². The number of benzene rings is 2. The van der Waals surface area contributed by atoms with Crippen molar-refractivity contribution in [2.24, 2.45) is 0 Å². The van der Waals surface area contributed by atoms with Crippen molar-refractivity contribution in [2.45, 2.75) is 31.8 Å². The number of para-hydroxylation sites is 1. The van der Waals surface area contributed by atoms with Gasteiger partial charge in [-0.15, -0.1) is 12.1 Å². The van der Waals surface area contributed by atoms with Crippen LogP contribution < -0.4 is 9.64 Å². The van der Waals surface area contributed by atoms with Gasteiger partial charge in [0.05, 0.1) is 12.2 Å². The smallest absolute Gasteiger partial charge is 0.210 e. The minimum atomic E-state index is -0.670. The summed E-state index contributed by atoms with van der Waals surface area (Å²) in [6, 6.07) is 16.8. The molecule has 26 heavy (non-hydrogen) atoms. The van der Waals surface area contributed by atoms with Crippen LogP contribution in [0.2, 0.25) is 0 Å². The van der Waals surface area contributed by atoms with Gasteiger partial charge < -0.3 is 14.7 Å². The van der Waals surface area contributed by atoms with Crippen LogP contribution in [0.15, 0.2) is 42.5 Å². The largest absolute Gasteiger partial charge is 0.493 e. The van der Waals surface area contributed by atoms with Gasteiger partial charge in [-0.25, -0.2) is 4.85 Å². The summed E-state index contributed by atoms with van der Waals surface area (Å²) in [6.45, 7) is 11.1. The van der Waals surface area contributed by atoms with Gasteiger partial charge in [-0.05, 0) is 25.0 Å². The Kier molecular flexibility index (Phi) is 7.64. The van der Waals surface area contributed by atoms with E-state index < -0.39 is 5.60 Å². The van der Waals surface area contributed by atoms with Crippen LogP contribution in [0.3, 0.4) is 0 Å². The van der Waals surface area contributed by atoms with Crippen molar-refractivity contribution in [3.05, 3.63) is 65.5 Å². The summed E-state index contributed by atoms with van der Waals surface area (Å²) in [5, 5.41) is 10.8. The molecule has 0 amide bonds. The van der Waals surface area contributed by atoms with Crippen molar-refractivity contribution in [1.82, 2.24) is 0 Å². The molecule has 133 valence electrons. The van der Waals surface area contributed by atoms with Crippen LogP contribution in [0, 0.1) is 19.6 Å². The molecule has 0 spiro atoms. The molecule has 0 unspecified atom stereocenters. The number of piperidine rings is 1. The van der Waals surface area contributed by atoms with Crippen LogP contribution in [0.25, 0.3) is 4.85 Å². The Morgan fingerprint density at radius 2 is 1.88 bits per heavy atom. The maximum Gasteiger partial charge on any atom is 0.210 e. The Balaban J connectivity index is 0.00000243. The Labute approximate surface area is 180 Å². The molecule has 4 nitrogen and oxygen atoms in total. The van der Waals surface area contributed by atoms with E-state index in [0.717, 1.165) is 30.1 Å². The molecular weight excluding hydrogens is 401 g/mol. The second-order valence-corrected chi connectivity index (χ2v) is 6.59. The molecule has 1 radical (unpaired) electrons. The number of hydrogen-bond donors (Lipinski definition) is 1. The first kappa shape index (κ1) is 20.9. The summed E-state index contributed by atoms with van der Waals surface area (Å²) >= 11 is 0. The number of rotatable bonds is 5. The van der Waals surface area contributed by atoms with E-state index in [1.807, 2.05) is 49.4 Å². The summed E-state index contributed by atoms with van der Waals surface area (Å²) in [5.74, 6) is 0.841. The average Bonchev–Trinajstić information content (AvgIpc) is 2.63. The van der Waals surface area contributed by atoms with E-state index in [1.54, 1.807) is 0 Å². The molecule has 0 saturated carbocycles. The van der Waals surface area contributed by atoms with Gasteiger partial charge in [-0.2, -0.15) is 0 Å². The van der Waals surface area contributed by atoms with Gasteiger partial charge in [-0.1, -0.05) is 42.4 Å². The van der Waals surface area contributed by atoms with Crippen LogP contribution >= 0.6 is 0 Å². The van der Waals surface area contributed by atoms with Crippen molar-refractivity contribution in [1.29, 1.82) is 0 Å². The van der Waals surface area contributed by atoms with E-state index in [0.29, 0.717) is 31.6 Å². The molecule has 0 atom stereocenters. The second-order valence-electron chi connectivity index (χ2n) is 6.59. The van der Waals surface area contributed by atoms with E-state index in [4.69, 9.17) is 11.3 Å². The fourth-order valence-corrected chi connectivity index (χ4v) is 3.18. The molecule has 1 N–H and O–H groups in total. The van der Waals surface area contributed by atoms with E-state index in [2.05, 4.69) is 15.8 Å². The standard InChI is InChI=1S/C21H23N2O2.Y/c1-17-16-18(8-9-20(17)22-2)23-13-10-21(24,11-14-23)12-15-25-19-6-4-3-5-7-19;/h3-9,24H,10-15H2,1H3;/q-1;. The first-order chi connectivity index (χ1) is 12.1. The molecule has 1 saturated heterocycles. The summed E-state index contributed by atoms with van der Waals surface area (Å²) in [6.07, 6.45) is 2.06. The minimum absolute atomic E-state index is 0. The predicted octanol–water partition coefficient (Wildman–Crippen LogP) is 4.14. The molecular formula is C21H23N2O2Y-. The van der Waals surface area contributed by atoms with Crippen molar-refractivity contribution >= 4 is 11.4 Å². The third-order valence-corrected chi connectivity index (χ3v) is 4.83. The SMILES string of the molecule is [C-]#[N+]c1ccc(N2CCC(O)(CCOc3ccccc3)CC2)[c-]c1C.[Y]. The molecule has 5 heteroatoms. The Bertz CT molecular complexity index is 750. The quantitative estimate of drug-likeness (QED) is 0.734. The zero-order chi connectivity index (χ0) is 17.7. The summed E-state index contributed by atoms with van der Waals surface area (Å²) < 4.78 is 5.72. The monoisotopic (exact) mass is 424 g/mol. The van der Waals surface area contributed by atoms with Crippen LogP contribution in [-0.4, -0.2) is 30.4 Å². The number of anilines is 1. The zero-order valence-electron chi connectivity index (χ0n) is 15.1. The molecule has 2 aromatic rings. The number of ether oxygens (including phenoxy) is 1. The van der Waals surface area contributed by atoms with Gasteiger partial charge in [0.25, 0.3) is 0 Å². The predicted molar refractivity (Wildman–Crippen MR) is 99.2 cm³/mol. The first-order valence-electron chi connectivity index (χ1n) is 8.65. The molecule has 0 bridgehead atoms. The van der Waals surface area contributed by atoms with Crippen LogP contribution in [0.5, 0.6) is 5.75 Å². The van der Waals surface area contributed by atoms with E-state index >= 15 is 0 Å². The van der Waals surface area contributed by atoms with Crippen LogP contribution in [-0.2, 0) is 32.7 Å². The van der Waals surface area contributed by atoms with Gasteiger partial charge in [0.15, 0.2) is 0 Å². The number of aliphatic hydroxyl groups is 1. The Hall–Kier alpha value is -1.41. The Morgan fingerprint density at radius 1 is 1.19 bits per heavy atom. The third-order valence-electron chi connectivity index (χ3n) is 4.83. The van der Waals surface area contributed by atoms with E-state index in [9.17, 15) is 5.11 Å². The maximum absolute atomic E-state index is 10.8. The topological polar surface area (TPSA) is 37.1 Å². The summed E-state index contributed by atoms with van der Waals surface area (Å²) in [7, 11) is 0. The summed E-state index contributed by atoms with van der Waals surface area (Å²) in [5.41, 5.74) is 1.86. The van der Waals surface area contributed by atoms with Gasteiger partial charge in [0.1, 0.15) is 12.3 Å².